The Morgan fingerprint density at radius 2 is 1.97 bits per heavy atom. The Morgan fingerprint density at radius 1 is 1.16 bits per heavy atom. The van der Waals surface area contributed by atoms with Gasteiger partial charge in [0.2, 0.25) is 0 Å². The first kappa shape index (κ1) is 25.4. The number of likely N-dealkylation sites (N-methyl/N-ethyl adjacent to an activating group) is 1. The van der Waals surface area contributed by atoms with Crippen LogP contribution in [0.5, 0.6) is 0 Å². The number of hydrazine groups is 1. The van der Waals surface area contributed by atoms with Gasteiger partial charge in [0.25, 0.3) is 0 Å². The average molecular weight is 523 g/mol. The second kappa shape index (κ2) is 9.37. The van der Waals surface area contributed by atoms with Crippen molar-refractivity contribution in [3.05, 3.63) is 40.1 Å². The summed E-state index contributed by atoms with van der Waals surface area (Å²) < 4.78 is 51.1. The van der Waals surface area contributed by atoms with E-state index in [1.165, 1.54) is 16.7 Å². The van der Waals surface area contributed by atoms with E-state index in [0.29, 0.717) is 31.2 Å². The van der Waals surface area contributed by atoms with Crippen molar-refractivity contribution >= 4 is 5.52 Å². The van der Waals surface area contributed by atoms with Gasteiger partial charge >= 0.3 is 11.9 Å². The quantitative estimate of drug-likeness (QED) is 0.630. The van der Waals surface area contributed by atoms with Crippen LogP contribution < -0.4 is 16.5 Å². The molecule has 4 atom stereocenters. The van der Waals surface area contributed by atoms with Crippen LogP contribution in [0.4, 0.5) is 13.2 Å². The molecule has 2 aromatic heterocycles. The molecule has 2 aromatic rings. The molecule has 0 aromatic carbocycles. The number of fused-ring (bicyclic) bond motifs is 1. The summed E-state index contributed by atoms with van der Waals surface area (Å²) in [7, 11) is 4.06. The molecule has 0 bridgehead atoms. The molecule has 2 N–H and O–H groups in total. The van der Waals surface area contributed by atoms with Crippen LogP contribution in [0, 0.1) is 11.3 Å². The van der Waals surface area contributed by atoms with Gasteiger partial charge in [-0.2, -0.15) is 13.2 Å². The Hall–Kier alpha value is -1.92. The summed E-state index contributed by atoms with van der Waals surface area (Å²) in [6, 6.07) is 1.16. The van der Waals surface area contributed by atoms with E-state index >= 15 is 0 Å². The minimum atomic E-state index is -4.53. The van der Waals surface area contributed by atoms with Gasteiger partial charge in [-0.15, -0.1) is 0 Å². The molecule has 5 heterocycles. The van der Waals surface area contributed by atoms with E-state index in [2.05, 4.69) is 27.7 Å². The highest BCUT2D eigenvalue weighted by Gasteiger charge is 2.49. The number of rotatable bonds is 5. The van der Waals surface area contributed by atoms with Crippen LogP contribution in [-0.4, -0.2) is 72.0 Å². The molecule has 0 spiro atoms. The third-order valence-corrected chi connectivity index (χ3v) is 9.40. The Bertz CT molecular complexity index is 1210. The molecule has 37 heavy (non-hydrogen) atoms. The first-order chi connectivity index (χ1) is 17.6. The van der Waals surface area contributed by atoms with Crippen LogP contribution in [0.25, 0.3) is 5.52 Å². The average Bonchev–Trinajstić information content (AvgIpc) is 3.54. The second-order valence-electron chi connectivity index (χ2n) is 11.8. The number of alkyl halides is 3. The summed E-state index contributed by atoms with van der Waals surface area (Å²) >= 11 is 0. The third kappa shape index (κ3) is 4.52. The summed E-state index contributed by atoms with van der Waals surface area (Å²) in [5, 5.41) is 0. The number of ether oxygens (including phenoxy) is 1. The van der Waals surface area contributed by atoms with E-state index in [1.807, 2.05) is 7.05 Å². The summed E-state index contributed by atoms with van der Waals surface area (Å²) in [4.78, 5) is 18.0. The van der Waals surface area contributed by atoms with Gasteiger partial charge in [0.1, 0.15) is 0 Å². The number of nitrogens with one attached hydrogen (secondary N) is 2. The fourth-order valence-corrected chi connectivity index (χ4v) is 7.10. The standard InChI is InChI=1S/C26H37F3N6O2/c1-32-7-6-17(11-32)18-8-21(26(27,28)29)22-13-34(24(36)35(22)12-18)20-5-3-4-19(9-20)25(14-37-15-25)10-23-31-30-16-33(23)2/h8,12-13,17,19-20,23,30-31H,3-7,9-11,14-16H2,1-2H3. The number of hydrogen-bond donors (Lipinski definition) is 2. The van der Waals surface area contributed by atoms with Crippen LogP contribution in [0.2, 0.25) is 0 Å². The number of imidazole rings is 1. The molecule has 4 aliphatic rings. The van der Waals surface area contributed by atoms with Gasteiger partial charge in [0.05, 0.1) is 37.1 Å². The molecule has 0 amide bonds. The first-order valence-corrected chi connectivity index (χ1v) is 13.4. The lowest BCUT2D eigenvalue weighted by Gasteiger charge is -2.51. The van der Waals surface area contributed by atoms with Crippen molar-refractivity contribution in [1.29, 1.82) is 0 Å². The molecular formula is C26H37F3N6O2. The highest BCUT2D eigenvalue weighted by atomic mass is 19.4. The van der Waals surface area contributed by atoms with Gasteiger partial charge < -0.3 is 9.64 Å². The predicted octanol–water partition coefficient (Wildman–Crippen LogP) is 3.00. The van der Waals surface area contributed by atoms with Gasteiger partial charge in [-0.25, -0.2) is 15.6 Å². The summed E-state index contributed by atoms with van der Waals surface area (Å²) in [6.07, 6.45) is 4.13. The highest BCUT2D eigenvalue weighted by Crippen LogP contribution is 2.49. The van der Waals surface area contributed by atoms with Crippen LogP contribution in [0.15, 0.2) is 23.3 Å². The lowest BCUT2D eigenvalue weighted by Crippen LogP contribution is -2.54. The molecular weight excluding hydrogens is 485 g/mol. The second-order valence-corrected chi connectivity index (χ2v) is 11.8. The minimum Gasteiger partial charge on any atom is -0.380 e. The topological polar surface area (TPSA) is 66.2 Å². The monoisotopic (exact) mass is 522 g/mol. The van der Waals surface area contributed by atoms with E-state index in [-0.39, 0.29) is 34.7 Å². The normalized spacial score (nSPS) is 31.3. The van der Waals surface area contributed by atoms with Crippen molar-refractivity contribution in [2.75, 3.05) is 47.1 Å². The lowest BCUT2D eigenvalue weighted by molar-refractivity contribution is -0.167. The van der Waals surface area contributed by atoms with E-state index < -0.39 is 11.7 Å². The zero-order chi connectivity index (χ0) is 25.9. The molecule has 204 valence electrons. The number of pyridine rings is 1. The van der Waals surface area contributed by atoms with E-state index in [0.717, 1.165) is 51.7 Å². The summed E-state index contributed by atoms with van der Waals surface area (Å²) in [5.41, 5.74) is 6.04. The highest BCUT2D eigenvalue weighted by molar-refractivity contribution is 5.56. The van der Waals surface area contributed by atoms with Gasteiger partial charge in [0, 0.05) is 30.4 Å². The Labute approximate surface area is 214 Å². The maximum Gasteiger partial charge on any atom is 0.418 e. The number of likely N-dealkylation sites (tertiary alicyclic amines) is 1. The SMILES string of the molecule is CN1CCC(c2cc(C(F)(F)F)c3cn(C4CCCC(C5(CC6NNCN6C)COC5)C4)c(=O)n3c2)C1. The fraction of sp³-hybridized carbons (Fsp3) is 0.731. The van der Waals surface area contributed by atoms with Crippen LogP contribution in [-0.2, 0) is 10.9 Å². The van der Waals surface area contributed by atoms with Gasteiger partial charge in [-0.05, 0) is 76.2 Å². The predicted molar refractivity (Wildman–Crippen MR) is 133 cm³/mol. The smallest absolute Gasteiger partial charge is 0.380 e. The van der Waals surface area contributed by atoms with E-state index in [4.69, 9.17) is 4.74 Å². The number of nitrogens with zero attached hydrogens (tertiary/aromatic N) is 4. The van der Waals surface area contributed by atoms with Gasteiger partial charge in [-0.3, -0.25) is 13.9 Å². The van der Waals surface area contributed by atoms with Crippen molar-refractivity contribution in [2.24, 2.45) is 11.3 Å². The van der Waals surface area contributed by atoms with E-state index in [9.17, 15) is 18.0 Å². The minimum absolute atomic E-state index is 0.0000959. The summed E-state index contributed by atoms with van der Waals surface area (Å²) in [5.74, 6) is 0.359. The Morgan fingerprint density at radius 3 is 2.59 bits per heavy atom. The molecule has 8 nitrogen and oxygen atoms in total. The van der Waals surface area contributed by atoms with Gasteiger partial charge in [-0.1, -0.05) is 6.42 Å². The molecule has 0 radical (unpaired) electrons. The molecule has 3 aliphatic heterocycles. The van der Waals surface area contributed by atoms with E-state index in [1.54, 1.807) is 10.8 Å². The number of hydrogen-bond acceptors (Lipinski definition) is 6. The number of halogens is 3. The Kier molecular flexibility index (Phi) is 6.42. The largest absolute Gasteiger partial charge is 0.418 e. The lowest BCUT2D eigenvalue weighted by atomic mass is 9.64. The molecule has 3 saturated heterocycles. The maximum atomic E-state index is 14.2. The number of aromatic nitrogens is 2. The third-order valence-electron chi connectivity index (χ3n) is 9.40. The maximum absolute atomic E-state index is 14.2. The molecule has 1 aliphatic carbocycles. The zero-order valence-electron chi connectivity index (χ0n) is 21.6. The van der Waals surface area contributed by atoms with Crippen LogP contribution >= 0.6 is 0 Å². The van der Waals surface area contributed by atoms with Crippen molar-refractivity contribution in [1.82, 2.24) is 29.6 Å². The summed E-state index contributed by atoms with van der Waals surface area (Å²) in [6.45, 7) is 3.72. The first-order valence-electron chi connectivity index (χ1n) is 13.4. The van der Waals surface area contributed by atoms with Crippen molar-refractivity contribution in [3.8, 4) is 0 Å². The molecule has 4 fully saturated rings. The van der Waals surface area contributed by atoms with Crippen molar-refractivity contribution in [3.63, 3.8) is 0 Å². The Balaban J connectivity index is 1.32. The van der Waals surface area contributed by atoms with Crippen LogP contribution in [0.1, 0.15) is 61.6 Å². The molecule has 11 heteroatoms. The fourth-order valence-electron chi connectivity index (χ4n) is 7.10. The zero-order valence-corrected chi connectivity index (χ0v) is 21.6. The van der Waals surface area contributed by atoms with Gasteiger partial charge in [0.15, 0.2) is 0 Å². The molecule has 6 rings (SSSR count). The van der Waals surface area contributed by atoms with Crippen molar-refractivity contribution < 1.29 is 17.9 Å². The van der Waals surface area contributed by atoms with Crippen LogP contribution in [0.3, 0.4) is 0 Å². The molecule has 4 unspecified atom stereocenters. The van der Waals surface area contributed by atoms with Crippen molar-refractivity contribution in [2.45, 2.75) is 62.8 Å². The molecule has 1 saturated carbocycles.